The number of anilines is 1. The van der Waals surface area contributed by atoms with Crippen LogP contribution >= 0.6 is 0 Å². The van der Waals surface area contributed by atoms with Crippen molar-refractivity contribution in [3.8, 4) is 5.69 Å². The fourth-order valence-electron chi connectivity index (χ4n) is 2.76. The summed E-state index contributed by atoms with van der Waals surface area (Å²) in [5.74, 6) is -0.141. The third kappa shape index (κ3) is 4.28. The topological polar surface area (TPSA) is 88.9 Å². The molecule has 1 aromatic carbocycles. The monoisotopic (exact) mass is 355 g/mol. The van der Waals surface area contributed by atoms with Gasteiger partial charge in [0.1, 0.15) is 0 Å². The van der Waals surface area contributed by atoms with Gasteiger partial charge in [0.15, 0.2) is 5.69 Å². The second-order valence-electron chi connectivity index (χ2n) is 6.64. The number of carbonyl (C=O) groups excluding carboxylic acids is 2. The molecule has 1 aromatic heterocycles. The Morgan fingerprint density at radius 2 is 1.88 bits per heavy atom. The molecule has 2 aromatic rings. The van der Waals surface area contributed by atoms with Crippen molar-refractivity contribution in [3.05, 3.63) is 35.7 Å². The number of carbonyl (C=O) groups is 2. The molecule has 138 valence electrons. The number of rotatable bonds is 8. The van der Waals surface area contributed by atoms with Gasteiger partial charge in [0.25, 0.3) is 5.91 Å². The van der Waals surface area contributed by atoms with Crippen molar-refractivity contribution < 1.29 is 9.59 Å². The maximum atomic E-state index is 12.4. The van der Waals surface area contributed by atoms with E-state index in [1.165, 1.54) is 0 Å². The molecule has 7 heteroatoms. The molecule has 2 N–H and O–H groups in total. The van der Waals surface area contributed by atoms with Crippen LogP contribution in [-0.2, 0) is 11.2 Å². The van der Waals surface area contributed by atoms with Gasteiger partial charge < -0.3 is 10.6 Å². The van der Waals surface area contributed by atoms with Crippen LogP contribution in [0.2, 0.25) is 0 Å². The highest BCUT2D eigenvalue weighted by Crippen LogP contribution is 2.21. The van der Waals surface area contributed by atoms with Crippen LogP contribution in [0.4, 0.5) is 5.69 Å². The maximum absolute atomic E-state index is 12.4. The van der Waals surface area contributed by atoms with Crippen LogP contribution in [-0.4, -0.2) is 32.9 Å². The second kappa shape index (κ2) is 8.12. The third-order valence-electron chi connectivity index (χ3n) is 4.25. The molecular formula is C19H25N5O2. The van der Waals surface area contributed by atoms with E-state index in [4.69, 9.17) is 0 Å². The number of nitrogens with zero attached hydrogens (tertiary/aromatic N) is 3. The first-order chi connectivity index (χ1) is 12.6. The zero-order valence-corrected chi connectivity index (χ0v) is 15.3. The minimum absolute atomic E-state index is 0.00621. The lowest BCUT2D eigenvalue weighted by Crippen LogP contribution is -2.27. The van der Waals surface area contributed by atoms with E-state index in [-0.39, 0.29) is 17.9 Å². The zero-order valence-electron chi connectivity index (χ0n) is 15.3. The number of aromatic nitrogens is 3. The molecule has 1 fully saturated rings. The lowest BCUT2D eigenvalue weighted by Gasteiger charge is -2.09. The highest BCUT2D eigenvalue weighted by Gasteiger charge is 2.27. The Kier molecular flexibility index (Phi) is 5.65. The minimum atomic E-state index is -0.148. The van der Waals surface area contributed by atoms with Crippen LogP contribution in [0.3, 0.4) is 0 Å². The molecule has 0 radical (unpaired) electrons. The Morgan fingerprint density at radius 3 is 2.50 bits per heavy atom. The van der Waals surface area contributed by atoms with Crippen molar-refractivity contribution >= 4 is 17.5 Å². The van der Waals surface area contributed by atoms with Crippen molar-refractivity contribution in [2.45, 2.75) is 58.4 Å². The molecule has 26 heavy (non-hydrogen) atoms. The number of hydrogen-bond donors (Lipinski definition) is 2. The average Bonchev–Trinajstić information content (AvgIpc) is 3.33. The summed E-state index contributed by atoms with van der Waals surface area (Å²) in [7, 11) is 0. The van der Waals surface area contributed by atoms with Gasteiger partial charge in [-0.1, -0.05) is 25.5 Å². The quantitative estimate of drug-likeness (QED) is 0.762. The molecule has 1 saturated carbocycles. The fourth-order valence-corrected chi connectivity index (χ4v) is 2.76. The first kappa shape index (κ1) is 18.1. The highest BCUT2D eigenvalue weighted by atomic mass is 16.2. The van der Waals surface area contributed by atoms with Crippen LogP contribution in [0.1, 0.15) is 62.1 Å². The van der Waals surface area contributed by atoms with Crippen LogP contribution in [0.25, 0.3) is 5.69 Å². The lowest BCUT2D eigenvalue weighted by atomic mass is 10.2. The molecule has 0 spiro atoms. The van der Waals surface area contributed by atoms with Crippen molar-refractivity contribution in [1.82, 2.24) is 20.3 Å². The predicted molar refractivity (Wildman–Crippen MR) is 99.4 cm³/mol. The minimum Gasteiger partial charge on any atom is -0.348 e. The van der Waals surface area contributed by atoms with E-state index in [9.17, 15) is 9.59 Å². The van der Waals surface area contributed by atoms with Gasteiger partial charge in [0.05, 0.1) is 11.4 Å². The number of benzene rings is 1. The van der Waals surface area contributed by atoms with E-state index in [1.807, 2.05) is 31.2 Å². The summed E-state index contributed by atoms with van der Waals surface area (Å²) in [6, 6.07) is 7.71. The molecule has 1 heterocycles. The average molecular weight is 355 g/mol. The number of nitrogens with one attached hydrogen (secondary N) is 2. The van der Waals surface area contributed by atoms with Crippen molar-refractivity contribution in [2.75, 3.05) is 5.32 Å². The molecule has 0 unspecified atom stereocenters. The van der Waals surface area contributed by atoms with Crippen molar-refractivity contribution in [1.29, 1.82) is 0 Å². The Bertz CT molecular complexity index is 778. The largest absolute Gasteiger partial charge is 0.348 e. The Hall–Kier alpha value is -2.70. The molecule has 3 rings (SSSR count). The van der Waals surface area contributed by atoms with Gasteiger partial charge in [-0.15, -0.1) is 5.10 Å². The fraction of sp³-hybridized carbons (Fsp3) is 0.474. The summed E-state index contributed by atoms with van der Waals surface area (Å²) in [6.45, 7) is 4.03. The predicted octanol–water partition coefficient (Wildman–Crippen LogP) is 2.85. The van der Waals surface area contributed by atoms with Gasteiger partial charge in [0, 0.05) is 18.2 Å². The van der Waals surface area contributed by atoms with Crippen LogP contribution in [0.15, 0.2) is 24.3 Å². The summed E-state index contributed by atoms with van der Waals surface area (Å²) >= 11 is 0. The van der Waals surface area contributed by atoms with Crippen molar-refractivity contribution in [2.24, 2.45) is 0 Å². The number of hydrogen-bond acceptors (Lipinski definition) is 4. The van der Waals surface area contributed by atoms with Gasteiger partial charge >= 0.3 is 0 Å². The number of amides is 2. The van der Waals surface area contributed by atoms with E-state index in [0.717, 1.165) is 49.2 Å². The van der Waals surface area contributed by atoms with Gasteiger partial charge in [-0.05, 0) is 49.9 Å². The first-order valence-corrected chi connectivity index (χ1v) is 9.28. The molecule has 2 amide bonds. The summed E-state index contributed by atoms with van der Waals surface area (Å²) in [5, 5.41) is 14.1. The standard InChI is InChI=1S/C19H25N5O2/c1-3-5-16-18(19(26)21-14-7-8-14)22-23-24(16)15-11-9-13(10-12-15)20-17(25)6-4-2/h9-12,14H,3-8H2,1-2H3,(H,20,25)(H,21,26). The molecule has 0 atom stereocenters. The van der Waals surface area contributed by atoms with E-state index in [1.54, 1.807) is 4.68 Å². The Morgan fingerprint density at radius 1 is 1.15 bits per heavy atom. The maximum Gasteiger partial charge on any atom is 0.273 e. The summed E-state index contributed by atoms with van der Waals surface area (Å²) in [6.07, 6.45) is 5.00. The lowest BCUT2D eigenvalue weighted by molar-refractivity contribution is -0.116. The van der Waals surface area contributed by atoms with Crippen LogP contribution < -0.4 is 10.6 Å². The zero-order chi connectivity index (χ0) is 18.5. The van der Waals surface area contributed by atoms with Gasteiger partial charge in [-0.25, -0.2) is 4.68 Å². The summed E-state index contributed by atoms with van der Waals surface area (Å²) in [5.41, 5.74) is 2.78. The SMILES string of the molecule is CCCC(=O)Nc1ccc(-n2nnc(C(=O)NC3CC3)c2CCC)cc1. The second-order valence-corrected chi connectivity index (χ2v) is 6.64. The van der Waals surface area contributed by atoms with E-state index in [0.29, 0.717) is 12.1 Å². The van der Waals surface area contributed by atoms with Gasteiger partial charge in [-0.2, -0.15) is 0 Å². The summed E-state index contributed by atoms with van der Waals surface area (Å²) < 4.78 is 1.71. The molecule has 7 nitrogen and oxygen atoms in total. The van der Waals surface area contributed by atoms with Crippen LogP contribution in [0.5, 0.6) is 0 Å². The van der Waals surface area contributed by atoms with E-state index in [2.05, 4.69) is 27.9 Å². The van der Waals surface area contributed by atoms with E-state index >= 15 is 0 Å². The van der Waals surface area contributed by atoms with Crippen molar-refractivity contribution in [3.63, 3.8) is 0 Å². The summed E-state index contributed by atoms with van der Waals surface area (Å²) in [4.78, 5) is 24.1. The Labute approximate surface area is 153 Å². The molecule has 0 aliphatic heterocycles. The molecule has 0 bridgehead atoms. The molecule has 1 aliphatic carbocycles. The van der Waals surface area contributed by atoms with Crippen LogP contribution in [0, 0.1) is 0 Å². The van der Waals surface area contributed by atoms with Gasteiger partial charge in [0.2, 0.25) is 5.91 Å². The van der Waals surface area contributed by atoms with Gasteiger partial charge in [-0.3, -0.25) is 9.59 Å². The highest BCUT2D eigenvalue weighted by molar-refractivity contribution is 5.94. The van der Waals surface area contributed by atoms with E-state index < -0.39 is 0 Å². The smallest absolute Gasteiger partial charge is 0.273 e. The molecular weight excluding hydrogens is 330 g/mol. The normalized spacial score (nSPS) is 13.5. The molecule has 0 saturated heterocycles. The Balaban J connectivity index is 1.80. The third-order valence-corrected chi connectivity index (χ3v) is 4.25. The first-order valence-electron chi connectivity index (χ1n) is 9.28. The molecule has 1 aliphatic rings.